The largest absolute Gasteiger partial charge is 0.0623 e. The Morgan fingerprint density at radius 1 is 1.33 bits per heavy atom. The molecule has 0 atom stereocenters. The summed E-state index contributed by atoms with van der Waals surface area (Å²) in [5, 5.41) is 0. The summed E-state index contributed by atoms with van der Waals surface area (Å²) in [6.45, 7) is 2.16. The van der Waals surface area contributed by atoms with Gasteiger partial charge in [0, 0.05) is 0 Å². The van der Waals surface area contributed by atoms with Crippen LogP contribution in [-0.4, -0.2) is 0 Å². The Kier molecular flexibility index (Phi) is 3.10. The van der Waals surface area contributed by atoms with Gasteiger partial charge in [0.2, 0.25) is 0 Å². The van der Waals surface area contributed by atoms with Gasteiger partial charge in [-0.2, -0.15) is 0 Å². The van der Waals surface area contributed by atoms with Gasteiger partial charge in [-0.3, -0.25) is 0 Å². The van der Waals surface area contributed by atoms with Gasteiger partial charge in [-0.1, -0.05) is 45.4 Å². The molecule has 0 unspecified atom stereocenters. The topological polar surface area (TPSA) is 0 Å². The molecule has 9 heavy (non-hydrogen) atoms. The minimum Gasteiger partial charge on any atom is -0.0623 e. The smallest absolute Gasteiger partial charge is 0.0414 e. The van der Waals surface area contributed by atoms with Crippen LogP contribution in [0.3, 0.4) is 0 Å². The molecule has 0 aromatic carbocycles. The summed E-state index contributed by atoms with van der Waals surface area (Å²) in [5.74, 6) is 1.08. The average molecular weight is 125 g/mol. The van der Waals surface area contributed by atoms with Crippen molar-refractivity contribution in [1.82, 2.24) is 0 Å². The molecule has 1 rings (SSSR count). The SMILES string of the molecule is C[CH]CCC1CCCC1. The monoisotopic (exact) mass is 125 g/mol. The Labute approximate surface area is 58.7 Å². The van der Waals surface area contributed by atoms with Crippen molar-refractivity contribution >= 4 is 0 Å². The second-order valence-electron chi connectivity index (χ2n) is 3.14. The highest BCUT2D eigenvalue weighted by molar-refractivity contribution is 4.69. The van der Waals surface area contributed by atoms with Crippen LogP contribution in [0.4, 0.5) is 0 Å². The first-order valence-corrected chi connectivity index (χ1v) is 4.21. The van der Waals surface area contributed by atoms with E-state index in [1.165, 1.54) is 38.5 Å². The average Bonchev–Trinajstić information content (AvgIpc) is 2.34. The van der Waals surface area contributed by atoms with Crippen molar-refractivity contribution in [1.29, 1.82) is 0 Å². The van der Waals surface area contributed by atoms with Gasteiger partial charge >= 0.3 is 0 Å². The summed E-state index contributed by atoms with van der Waals surface area (Å²) in [6.07, 6.45) is 11.1. The summed E-state index contributed by atoms with van der Waals surface area (Å²) in [5.41, 5.74) is 0. The molecule has 0 N–H and O–H groups in total. The lowest BCUT2D eigenvalue weighted by molar-refractivity contribution is 0.501. The van der Waals surface area contributed by atoms with Gasteiger partial charge in [-0.25, -0.2) is 0 Å². The predicted octanol–water partition coefficient (Wildman–Crippen LogP) is 3.18. The highest BCUT2D eigenvalue weighted by Gasteiger charge is 2.13. The highest BCUT2D eigenvalue weighted by atomic mass is 14.2. The van der Waals surface area contributed by atoms with E-state index < -0.39 is 0 Å². The van der Waals surface area contributed by atoms with Crippen molar-refractivity contribution in [3.63, 3.8) is 0 Å². The number of unbranched alkanes of at least 4 members (excludes halogenated alkanes) is 1. The molecular formula is C9H17. The molecule has 0 saturated heterocycles. The Balaban J connectivity index is 1.98. The molecule has 53 valence electrons. The Bertz CT molecular complexity index is 60.4. The van der Waals surface area contributed by atoms with Crippen LogP contribution in [0.5, 0.6) is 0 Å². The highest BCUT2D eigenvalue weighted by Crippen LogP contribution is 2.28. The third-order valence-electron chi connectivity index (χ3n) is 2.34. The maximum Gasteiger partial charge on any atom is -0.0414 e. The summed E-state index contributed by atoms with van der Waals surface area (Å²) < 4.78 is 0. The maximum absolute atomic E-state index is 2.29. The molecule has 1 saturated carbocycles. The van der Waals surface area contributed by atoms with Crippen molar-refractivity contribution in [2.75, 3.05) is 0 Å². The maximum atomic E-state index is 2.29. The Morgan fingerprint density at radius 2 is 2.00 bits per heavy atom. The van der Waals surface area contributed by atoms with Crippen molar-refractivity contribution in [3.8, 4) is 0 Å². The lowest BCUT2D eigenvalue weighted by Gasteiger charge is -2.05. The molecule has 1 radical (unpaired) electrons. The van der Waals surface area contributed by atoms with Crippen LogP contribution in [0.1, 0.15) is 45.4 Å². The zero-order valence-electron chi connectivity index (χ0n) is 6.40. The minimum atomic E-state index is 1.08. The second kappa shape index (κ2) is 3.92. The van der Waals surface area contributed by atoms with E-state index in [1.807, 2.05) is 0 Å². The van der Waals surface area contributed by atoms with Crippen molar-refractivity contribution in [2.45, 2.75) is 45.4 Å². The van der Waals surface area contributed by atoms with Crippen molar-refractivity contribution < 1.29 is 0 Å². The van der Waals surface area contributed by atoms with E-state index in [2.05, 4.69) is 13.3 Å². The fraction of sp³-hybridized carbons (Fsp3) is 0.889. The van der Waals surface area contributed by atoms with Gasteiger partial charge in [0.1, 0.15) is 0 Å². The fourth-order valence-corrected chi connectivity index (χ4v) is 1.70. The van der Waals surface area contributed by atoms with E-state index in [4.69, 9.17) is 0 Å². The van der Waals surface area contributed by atoms with Crippen LogP contribution >= 0.6 is 0 Å². The third kappa shape index (κ3) is 2.38. The lowest BCUT2D eigenvalue weighted by atomic mass is 10.0. The van der Waals surface area contributed by atoms with Gasteiger partial charge in [0.15, 0.2) is 0 Å². The first-order chi connectivity index (χ1) is 4.43. The lowest BCUT2D eigenvalue weighted by Crippen LogP contribution is -1.91. The second-order valence-corrected chi connectivity index (χ2v) is 3.14. The van der Waals surface area contributed by atoms with Crippen molar-refractivity contribution in [2.24, 2.45) is 5.92 Å². The van der Waals surface area contributed by atoms with E-state index in [0.717, 1.165) is 5.92 Å². The number of hydrogen-bond donors (Lipinski definition) is 0. The van der Waals surface area contributed by atoms with Gasteiger partial charge in [-0.15, -0.1) is 0 Å². The fourth-order valence-electron chi connectivity index (χ4n) is 1.70. The van der Waals surface area contributed by atoms with Gasteiger partial charge in [0.25, 0.3) is 0 Å². The standard InChI is InChI=1S/C9H17/c1-2-3-6-9-7-4-5-8-9/h2,9H,3-8H2,1H3. The molecule has 0 aromatic rings. The van der Waals surface area contributed by atoms with Crippen LogP contribution in [0.2, 0.25) is 0 Å². The molecule has 1 fully saturated rings. The molecule has 0 heteroatoms. The summed E-state index contributed by atoms with van der Waals surface area (Å²) in [4.78, 5) is 0. The van der Waals surface area contributed by atoms with Crippen LogP contribution in [0.25, 0.3) is 0 Å². The van der Waals surface area contributed by atoms with E-state index >= 15 is 0 Å². The molecule has 0 bridgehead atoms. The van der Waals surface area contributed by atoms with E-state index in [9.17, 15) is 0 Å². The van der Waals surface area contributed by atoms with Crippen LogP contribution in [0.15, 0.2) is 0 Å². The molecule has 0 aliphatic heterocycles. The molecule has 0 aromatic heterocycles. The molecule has 0 heterocycles. The molecule has 1 aliphatic carbocycles. The quantitative estimate of drug-likeness (QED) is 0.543. The van der Waals surface area contributed by atoms with Crippen LogP contribution in [-0.2, 0) is 0 Å². The third-order valence-corrected chi connectivity index (χ3v) is 2.34. The first-order valence-electron chi connectivity index (χ1n) is 4.21. The number of rotatable bonds is 3. The minimum absolute atomic E-state index is 1.08. The zero-order chi connectivity index (χ0) is 6.53. The Morgan fingerprint density at radius 3 is 2.56 bits per heavy atom. The normalized spacial score (nSPS) is 21.0. The molecule has 0 spiro atoms. The van der Waals surface area contributed by atoms with Gasteiger partial charge in [-0.05, 0) is 12.3 Å². The number of hydrogen-bond acceptors (Lipinski definition) is 0. The van der Waals surface area contributed by atoms with E-state index in [0.29, 0.717) is 0 Å². The summed E-state index contributed by atoms with van der Waals surface area (Å²) in [7, 11) is 0. The van der Waals surface area contributed by atoms with Gasteiger partial charge < -0.3 is 0 Å². The summed E-state index contributed by atoms with van der Waals surface area (Å²) in [6, 6.07) is 0. The molecular weight excluding hydrogens is 108 g/mol. The molecule has 1 aliphatic rings. The first kappa shape index (κ1) is 7.11. The van der Waals surface area contributed by atoms with Crippen LogP contribution in [0, 0.1) is 12.3 Å². The summed E-state index contributed by atoms with van der Waals surface area (Å²) >= 11 is 0. The van der Waals surface area contributed by atoms with Gasteiger partial charge in [0.05, 0.1) is 0 Å². The van der Waals surface area contributed by atoms with E-state index in [-0.39, 0.29) is 0 Å². The van der Waals surface area contributed by atoms with Crippen LogP contribution < -0.4 is 0 Å². The van der Waals surface area contributed by atoms with Crippen molar-refractivity contribution in [3.05, 3.63) is 6.42 Å². The zero-order valence-corrected chi connectivity index (χ0v) is 6.40. The predicted molar refractivity (Wildman–Crippen MR) is 41.2 cm³/mol. The Hall–Kier alpha value is 0. The molecule has 0 nitrogen and oxygen atoms in total. The van der Waals surface area contributed by atoms with E-state index in [1.54, 1.807) is 0 Å². The molecule has 0 amide bonds.